The molecule has 1 heterocycles. The summed E-state index contributed by atoms with van der Waals surface area (Å²) in [4.78, 5) is 11.5. The lowest BCUT2D eigenvalue weighted by atomic mass is 10.1. The molecule has 0 aliphatic heterocycles. The highest BCUT2D eigenvalue weighted by Crippen LogP contribution is 2.12. The number of hydrogen-bond donors (Lipinski definition) is 0. The predicted octanol–water partition coefficient (Wildman–Crippen LogP) is 3.24. The first-order chi connectivity index (χ1) is 8.79. The van der Waals surface area contributed by atoms with Gasteiger partial charge in [-0.1, -0.05) is 30.3 Å². The Morgan fingerprint density at radius 1 is 1.22 bits per heavy atom. The maximum atomic E-state index is 11.5. The molecular formula is C15H16O3. The van der Waals surface area contributed by atoms with Crippen LogP contribution in [0.25, 0.3) is 0 Å². The second-order valence-corrected chi connectivity index (χ2v) is 4.01. The van der Waals surface area contributed by atoms with Crippen molar-refractivity contribution in [3.63, 3.8) is 0 Å². The van der Waals surface area contributed by atoms with E-state index in [0.717, 1.165) is 18.6 Å². The third-order valence-corrected chi connectivity index (χ3v) is 2.67. The van der Waals surface area contributed by atoms with Gasteiger partial charge in [-0.25, -0.2) is 4.79 Å². The summed E-state index contributed by atoms with van der Waals surface area (Å²) in [5.41, 5.74) is 1.74. The van der Waals surface area contributed by atoms with E-state index in [2.05, 4.69) is 12.1 Å². The van der Waals surface area contributed by atoms with Gasteiger partial charge in [-0.2, -0.15) is 0 Å². The Labute approximate surface area is 106 Å². The Morgan fingerprint density at radius 2 is 2.00 bits per heavy atom. The minimum Gasteiger partial charge on any atom is -0.468 e. The predicted molar refractivity (Wildman–Crippen MR) is 68.5 cm³/mol. The molecule has 3 heteroatoms. The largest absolute Gasteiger partial charge is 0.468 e. The van der Waals surface area contributed by atoms with E-state index in [1.807, 2.05) is 18.2 Å². The molecule has 0 amide bonds. The highest BCUT2D eigenvalue weighted by atomic mass is 16.5. The summed E-state index contributed by atoms with van der Waals surface area (Å²) in [5, 5.41) is 0. The summed E-state index contributed by atoms with van der Waals surface area (Å²) in [6.45, 7) is 2.16. The Balaban J connectivity index is 1.93. The van der Waals surface area contributed by atoms with Crippen molar-refractivity contribution in [3.8, 4) is 0 Å². The lowest BCUT2D eigenvalue weighted by Crippen LogP contribution is -2.02. The van der Waals surface area contributed by atoms with Crippen LogP contribution in [-0.4, -0.2) is 12.6 Å². The van der Waals surface area contributed by atoms with Gasteiger partial charge in [0, 0.05) is 6.42 Å². The second kappa shape index (κ2) is 6.05. The van der Waals surface area contributed by atoms with Gasteiger partial charge in [0.1, 0.15) is 12.0 Å². The number of benzene rings is 1. The molecule has 0 fully saturated rings. The average Bonchev–Trinajstić information content (AvgIpc) is 2.87. The first kappa shape index (κ1) is 12.4. The van der Waals surface area contributed by atoms with Crippen LogP contribution in [0, 0.1) is 0 Å². The van der Waals surface area contributed by atoms with Gasteiger partial charge < -0.3 is 9.15 Å². The van der Waals surface area contributed by atoms with Gasteiger partial charge in [0.2, 0.25) is 0 Å². The smallest absolute Gasteiger partial charge is 0.341 e. The van der Waals surface area contributed by atoms with E-state index in [-0.39, 0.29) is 5.97 Å². The van der Waals surface area contributed by atoms with Crippen LogP contribution >= 0.6 is 0 Å². The topological polar surface area (TPSA) is 39.4 Å². The van der Waals surface area contributed by atoms with Crippen molar-refractivity contribution in [2.24, 2.45) is 0 Å². The number of aryl methyl sites for hydroxylation is 2. The Morgan fingerprint density at radius 3 is 2.72 bits per heavy atom. The SMILES string of the molecule is CCOC(=O)c1coc(CCc2ccccc2)c1. The molecule has 0 aliphatic rings. The highest BCUT2D eigenvalue weighted by Gasteiger charge is 2.10. The van der Waals surface area contributed by atoms with E-state index in [9.17, 15) is 4.79 Å². The standard InChI is InChI=1S/C15H16O3/c1-2-17-15(16)13-10-14(18-11-13)9-8-12-6-4-3-5-7-12/h3-7,10-11H,2,8-9H2,1H3. The highest BCUT2D eigenvalue weighted by molar-refractivity contribution is 5.89. The fraction of sp³-hybridized carbons (Fsp3) is 0.267. The molecule has 0 N–H and O–H groups in total. The molecule has 0 saturated heterocycles. The van der Waals surface area contributed by atoms with Crippen LogP contribution in [0.15, 0.2) is 47.1 Å². The number of esters is 1. The fourth-order valence-electron chi connectivity index (χ4n) is 1.75. The summed E-state index contributed by atoms with van der Waals surface area (Å²) >= 11 is 0. The molecular weight excluding hydrogens is 228 g/mol. The third-order valence-electron chi connectivity index (χ3n) is 2.67. The molecule has 0 aliphatic carbocycles. The first-order valence-corrected chi connectivity index (χ1v) is 6.08. The summed E-state index contributed by atoms with van der Waals surface area (Å²) in [6, 6.07) is 11.9. The summed E-state index contributed by atoms with van der Waals surface area (Å²) in [7, 11) is 0. The maximum Gasteiger partial charge on any atom is 0.341 e. The maximum absolute atomic E-state index is 11.5. The van der Waals surface area contributed by atoms with Crippen molar-refractivity contribution in [2.75, 3.05) is 6.61 Å². The molecule has 0 saturated carbocycles. The number of furan rings is 1. The van der Waals surface area contributed by atoms with Crippen LogP contribution in [0.3, 0.4) is 0 Å². The van der Waals surface area contributed by atoms with Crippen molar-refractivity contribution in [2.45, 2.75) is 19.8 Å². The van der Waals surface area contributed by atoms with Crippen LogP contribution in [0.1, 0.15) is 28.6 Å². The summed E-state index contributed by atoms with van der Waals surface area (Å²) < 4.78 is 10.3. The molecule has 0 atom stereocenters. The number of rotatable bonds is 5. The fourth-order valence-corrected chi connectivity index (χ4v) is 1.75. The first-order valence-electron chi connectivity index (χ1n) is 6.08. The zero-order valence-corrected chi connectivity index (χ0v) is 10.4. The molecule has 0 radical (unpaired) electrons. The lowest BCUT2D eigenvalue weighted by molar-refractivity contribution is 0.0525. The average molecular weight is 244 g/mol. The van der Waals surface area contributed by atoms with E-state index in [1.165, 1.54) is 11.8 Å². The van der Waals surface area contributed by atoms with Crippen molar-refractivity contribution < 1.29 is 13.9 Å². The molecule has 0 unspecified atom stereocenters. The van der Waals surface area contributed by atoms with Gasteiger partial charge >= 0.3 is 5.97 Å². The van der Waals surface area contributed by atoms with E-state index < -0.39 is 0 Å². The van der Waals surface area contributed by atoms with Crippen molar-refractivity contribution in [1.82, 2.24) is 0 Å². The minimum atomic E-state index is -0.327. The quantitative estimate of drug-likeness (QED) is 0.758. The van der Waals surface area contributed by atoms with E-state index in [0.29, 0.717) is 12.2 Å². The zero-order chi connectivity index (χ0) is 12.8. The lowest BCUT2D eigenvalue weighted by Gasteiger charge is -1.98. The van der Waals surface area contributed by atoms with Crippen LogP contribution in [-0.2, 0) is 17.6 Å². The van der Waals surface area contributed by atoms with Gasteiger partial charge in [0.05, 0.1) is 12.2 Å². The monoisotopic (exact) mass is 244 g/mol. The molecule has 1 aromatic carbocycles. The number of hydrogen-bond acceptors (Lipinski definition) is 3. The zero-order valence-electron chi connectivity index (χ0n) is 10.4. The van der Waals surface area contributed by atoms with E-state index in [1.54, 1.807) is 13.0 Å². The second-order valence-electron chi connectivity index (χ2n) is 4.01. The Kier molecular flexibility index (Phi) is 4.18. The summed E-state index contributed by atoms with van der Waals surface area (Å²) in [6.07, 6.45) is 3.14. The van der Waals surface area contributed by atoms with Crippen molar-refractivity contribution in [3.05, 3.63) is 59.5 Å². The van der Waals surface area contributed by atoms with Gasteiger partial charge in [0.15, 0.2) is 0 Å². The Hall–Kier alpha value is -2.03. The Bertz CT molecular complexity index is 499. The van der Waals surface area contributed by atoms with Gasteiger partial charge in [-0.3, -0.25) is 0 Å². The molecule has 1 aromatic heterocycles. The van der Waals surface area contributed by atoms with Gasteiger partial charge in [0.25, 0.3) is 0 Å². The third kappa shape index (κ3) is 3.23. The van der Waals surface area contributed by atoms with Crippen LogP contribution in [0.5, 0.6) is 0 Å². The number of carbonyl (C=O) groups excluding carboxylic acids is 1. The molecule has 0 spiro atoms. The molecule has 0 bridgehead atoms. The molecule has 2 aromatic rings. The normalized spacial score (nSPS) is 10.3. The van der Waals surface area contributed by atoms with E-state index in [4.69, 9.17) is 9.15 Å². The van der Waals surface area contributed by atoms with Gasteiger partial charge in [-0.15, -0.1) is 0 Å². The molecule has 18 heavy (non-hydrogen) atoms. The van der Waals surface area contributed by atoms with E-state index >= 15 is 0 Å². The van der Waals surface area contributed by atoms with Crippen molar-refractivity contribution >= 4 is 5.97 Å². The van der Waals surface area contributed by atoms with Crippen LogP contribution in [0.2, 0.25) is 0 Å². The van der Waals surface area contributed by atoms with Crippen LogP contribution < -0.4 is 0 Å². The number of ether oxygens (including phenoxy) is 1. The summed E-state index contributed by atoms with van der Waals surface area (Å²) in [5.74, 6) is 0.481. The minimum absolute atomic E-state index is 0.327. The van der Waals surface area contributed by atoms with Gasteiger partial charge in [-0.05, 0) is 25.0 Å². The molecule has 94 valence electrons. The number of carbonyl (C=O) groups is 1. The van der Waals surface area contributed by atoms with Crippen molar-refractivity contribution in [1.29, 1.82) is 0 Å². The van der Waals surface area contributed by atoms with Crippen LogP contribution in [0.4, 0.5) is 0 Å². The molecule has 3 nitrogen and oxygen atoms in total. The molecule has 2 rings (SSSR count).